The first-order chi connectivity index (χ1) is 14.4. The summed E-state index contributed by atoms with van der Waals surface area (Å²) in [5, 5.41) is 0. The second-order valence-electron chi connectivity index (χ2n) is 9.07. The lowest BCUT2D eigenvalue weighted by Crippen LogP contribution is -2.44. The van der Waals surface area contributed by atoms with Crippen molar-refractivity contribution in [2.24, 2.45) is 5.41 Å². The third-order valence-electron chi connectivity index (χ3n) is 7.09. The van der Waals surface area contributed by atoms with Gasteiger partial charge >= 0.3 is 5.97 Å². The van der Waals surface area contributed by atoms with Crippen molar-refractivity contribution in [1.82, 2.24) is 9.80 Å². The molecule has 0 saturated carbocycles. The number of likely N-dealkylation sites (tertiary alicyclic amines) is 2. The highest BCUT2D eigenvalue weighted by molar-refractivity contribution is 5.94. The van der Waals surface area contributed by atoms with Gasteiger partial charge < -0.3 is 14.4 Å². The van der Waals surface area contributed by atoms with Crippen LogP contribution in [0.1, 0.15) is 48.0 Å². The maximum atomic E-state index is 13.8. The molecule has 1 aromatic carbocycles. The van der Waals surface area contributed by atoms with Crippen molar-refractivity contribution in [3.63, 3.8) is 0 Å². The number of hydrogen-bond acceptors (Lipinski definition) is 5. The summed E-state index contributed by atoms with van der Waals surface area (Å²) in [6, 6.07) is 4.55. The number of halogens is 1. The lowest BCUT2D eigenvalue weighted by atomic mass is 9.76. The number of ether oxygens (including phenoxy) is 2. The molecule has 30 heavy (non-hydrogen) atoms. The van der Waals surface area contributed by atoms with Gasteiger partial charge in [-0.3, -0.25) is 14.5 Å². The van der Waals surface area contributed by atoms with Gasteiger partial charge in [0.25, 0.3) is 5.91 Å². The Bertz CT molecular complexity index is 806. The Morgan fingerprint density at radius 2 is 2.03 bits per heavy atom. The van der Waals surface area contributed by atoms with Crippen LogP contribution < -0.4 is 0 Å². The number of hydrogen-bond donors (Lipinski definition) is 0. The molecule has 3 saturated heterocycles. The zero-order valence-electron chi connectivity index (χ0n) is 17.9. The molecule has 3 aliphatic rings. The highest BCUT2D eigenvalue weighted by Crippen LogP contribution is 2.42. The van der Waals surface area contributed by atoms with Gasteiger partial charge in [-0.05, 0) is 68.7 Å². The van der Waals surface area contributed by atoms with Gasteiger partial charge in [-0.1, -0.05) is 6.07 Å². The summed E-state index contributed by atoms with van der Waals surface area (Å²) >= 11 is 0. The van der Waals surface area contributed by atoms with Gasteiger partial charge in [0, 0.05) is 25.2 Å². The van der Waals surface area contributed by atoms with Crippen LogP contribution in [0.15, 0.2) is 18.2 Å². The molecule has 1 aromatic rings. The SMILES string of the molecule is COC(=O)[C@@H]1CCCN1C[C@@H]1CC2(CCN(C(=O)c3ccc(C)c(F)c3)CC2)CO1. The van der Waals surface area contributed by atoms with E-state index in [0.717, 1.165) is 45.2 Å². The van der Waals surface area contributed by atoms with Crippen LogP contribution in [0.5, 0.6) is 0 Å². The summed E-state index contributed by atoms with van der Waals surface area (Å²) in [6.45, 7) is 5.39. The molecular weight excluding hydrogens is 387 g/mol. The van der Waals surface area contributed by atoms with E-state index in [1.807, 2.05) is 4.90 Å². The van der Waals surface area contributed by atoms with Crippen molar-refractivity contribution in [1.29, 1.82) is 0 Å². The van der Waals surface area contributed by atoms with E-state index in [2.05, 4.69) is 4.90 Å². The first-order valence-electron chi connectivity index (χ1n) is 10.9. The van der Waals surface area contributed by atoms with E-state index in [-0.39, 0.29) is 35.3 Å². The summed E-state index contributed by atoms with van der Waals surface area (Å²) in [4.78, 5) is 28.8. The van der Waals surface area contributed by atoms with Gasteiger partial charge in [0.1, 0.15) is 11.9 Å². The molecule has 164 valence electrons. The topological polar surface area (TPSA) is 59.1 Å². The Kier molecular flexibility index (Phi) is 6.11. The fourth-order valence-electron chi connectivity index (χ4n) is 5.16. The van der Waals surface area contributed by atoms with Crippen molar-refractivity contribution >= 4 is 11.9 Å². The average Bonchev–Trinajstić information content (AvgIpc) is 3.37. The molecule has 1 amide bonds. The summed E-state index contributed by atoms with van der Waals surface area (Å²) < 4.78 is 24.9. The van der Waals surface area contributed by atoms with E-state index >= 15 is 0 Å². The molecule has 0 aliphatic carbocycles. The number of piperidine rings is 1. The molecule has 4 rings (SSSR count). The average molecular weight is 419 g/mol. The Morgan fingerprint density at radius 3 is 2.73 bits per heavy atom. The van der Waals surface area contributed by atoms with Gasteiger partial charge in [0.2, 0.25) is 0 Å². The monoisotopic (exact) mass is 418 g/mol. The van der Waals surface area contributed by atoms with E-state index in [4.69, 9.17) is 9.47 Å². The van der Waals surface area contributed by atoms with Crippen molar-refractivity contribution in [3.05, 3.63) is 35.1 Å². The summed E-state index contributed by atoms with van der Waals surface area (Å²) in [6.07, 6.45) is 4.71. The van der Waals surface area contributed by atoms with Crippen LogP contribution in [0.2, 0.25) is 0 Å². The first kappa shape index (κ1) is 21.2. The maximum Gasteiger partial charge on any atom is 0.323 e. The number of carbonyl (C=O) groups excluding carboxylic acids is 2. The van der Waals surface area contributed by atoms with E-state index < -0.39 is 0 Å². The van der Waals surface area contributed by atoms with E-state index in [0.29, 0.717) is 30.8 Å². The Morgan fingerprint density at radius 1 is 1.27 bits per heavy atom. The van der Waals surface area contributed by atoms with Gasteiger partial charge in [-0.15, -0.1) is 0 Å². The molecule has 0 radical (unpaired) electrons. The van der Waals surface area contributed by atoms with Gasteiger partial charge in [0.05, 0.1) is 19.8 Å². The summed E-state index contributed by atoms with van der Waals surface area (Å²) in [7, 11) is 1.44. The van der Waals surface area contributed by atoms with Crippen LogP contribution in [0.4, 0.5) is 4.39 Å². The molecular formula is C23H31FN2O4. The molecule has 3 fully saturated rings. The summed E-state index contributed by atoms with van der Waals surface area (Å²) in [5.41, 5.74) is 1.06. The lowest BCUT2D eigenvalue weighted by Gasteiger charge is -2.38. The van der Waals surface area contributed by atoms with Crippen molar-refractivity contribution < 1.29 is 23.5 Å². The van der Waals surface area contributed by atoms with E-state index in [9.17, 15) is 14.0 Å². The number of rotatable bonds is 4. The molecule has 2 atom stereocenters. The molecule has 7 heteroatoms. The van der Waals surface area contributed by atoms with Crippen LogP contribution in [-0.2, 0) is 14.3 Å². The normalized spacial score (nSPS) is 26.3. The number of benzene rings is 1. The van der Waals surface area contributed by atoms with Crippen LogP contribution in [0, 0.1) is 18.2 Å². The molecule has 3 heterocycles. The Balaban J connectivity index is 1.31. The van der Waals surface area contributed by atoms with Crippen molar-refractivity contribution in [3.8, 4) is 0 Å². The minimum Gasteiger partial charge on any atom is -0.468 e. The number of amides is 1. The molecule has 3 aliphatic heterocycles. The molecule has 6 nitrogen and oxygen atoms in total. The van der Waals surface area contributed by atoms with Gasteiger partial charge in [-0.2, -0.15) is 0 Å². The highest BCUT2D eigenvalue weighted by atomic mass is 19.1. The summed E-state index contributed by atoms with van der Waals surface area (Å²) in [5.74, 6) is -0.592. The van der Waals surface area contributed by atoms with Gasteiger partial charge in [-0.25, -0.2) is 4.39 Å². The molecule has 1 spiro atoms. The van der Waals surface area contributed by atoms with Crippen LogP contribution in [0.25, 0.3) is 0 Å². The fourth-order valence-corrected chi connectivity index (χ4v) is 5.16. The number of nitrogens with zero attached hydrogens (tertiary/aromatic N) is 2. The van der Waals surface area contributed by atoms with Gasteiger partial charge in [0.15, 0.2) is 0 Å². The zero-order valence-corrected chi connectivity index (χ0v) is 17.9. The smallest absolute Gasteiger partial charge is 0.323 e. The number of methoxy groups -OCH3 is 1. The quantitative estimate of drug-likeness (QED) is 0.704. The van der Waals surface area contributed by atoms with E-state index in [1.54, 1.807) is 19.1 Å². The minimum atomic E-state index is -0.339. The third-order valence-corrected chi connectivity index (χ3v) is 7.09. The first-order valence-corrected chi connectivity index (χ1v) is 10.9. The predicted octanol–water partition coefficient (Wildman–Crippen LogP) is 2.78. The van der Waals surface area contributed by atoms with Crippen LogP contribution in [0.3, 0.4) is 0 Å². The second-order valence-corrected chi connectivity index (χ2v) is 9.07. The molecule has 0 N–H and O–H groups in total. The minimum absolute atomic E-state index is 0.0977. The molecule has 0 aromatic heterocycles. The number of aryl methyl sites for hydroxylation is 1. The largest absolute Gasteiger partial charge is 0.468 e. The molecule has 0 unspecified atom stereocenters. The third kappa shape index (κ3) is 4.23. The van der Waals surface area contributed by atoms with Crippen molar-refractivity contribution in [2.75, 3.05) is 39.9 Å². The van der Waals surface area contributed by atoms with Crippen LogP contribution >= 0.6 is 0 Å². The van der Waals surface area contributed by atoms with Crippen LogP contribution in [-0.4, -0.2) is 73.7 Å². The fraction of sp³-hybridized carbons (Fsp3) is 0.652. The zero-order chi connectivity index (χ0) is 21.3. The number of esters is 1. The molecule has 0 bridgehead atoms. The van der Waals surface area contributed by atoms with E-state index in [1.165, 1.54) is 13.2 Å². The maximum absolute atomic E-state index is 13.8. The van der Waals surface area contributed by atoms with Crippen molar-refractivity contribution in [2.45, 2.75) is 51.2 Å². The lowest BCUT2D eigenvalue weighted by molar-refractivity contribution is -0.146. The highest BCUT2D eigenvalue weighted by Gasteiger charge is 2.44. The second kappa shape index (κ2) is 8.63. The number of carbonyl (C=O) groups is 2. The predicted molar refractivity (Wildman–Crippen MR) is 110 cm³/mol. The Hall–Kier alpha value is -1.99. The standard InChI is InChI=1S/C23H31FN2O4/c1-16-5-6-17(12-19(16)24)21(27)25-10-7-23(8-11-25)13-18(30-15-23)14-26-9-3-4-20(26)22(28)29-2/h5-6,12,18,20H,3-4,7-11,13-15H2,1-2H3/t18-,20-/m0/s1. The Labute approximate surface area is 177 Å².